The summed E-state index contributed by atoms with van der Waals surface area (Å²) in [4.78, 5) is 22.9. The van der Waals surface area contributed by atoms with Gasteiger partial charge in [-0.05, 0) is 43.3 Å². The summed E-state index contributed by atoms with van der Waals surface area (Å²) >= 11 is 0. The Balaban J connectivity index is 2.02. The first kappa shape index (κ1) is 14.7. The van der Waals surface area contributed by atoms with Crippen LogP contribution < -0.4 is 10.1 Å². The highest BCUT2D eigenvalue weighted by Gasteiger charge is 2.16. The monoisotopic (exact) mass is 287 g/mol. The molecule has 1 amide bonds. The zero-order chi connectivity index (χ0) is 15.2. The van der Waals surface area contributed by atoms with Crippen molar-refractivity contribution in [2.45, 2.75) is 13.0 Å². The molecule has 0 heterocycles. The van der Waals surface area contributed by atoms with E-state index in [0.717, 1.165) is 0 Å². The Kier molecular flexibility index (Phi) is 4.66. The van der Waals surface area contributed by atoms with Gasteiger partial charge in [-0.25, -0.2) is 4.39 Å². The van der Waals surface area contributed by atoms with Gasteiger partial charge in [0.2, 0.25) is 0 Å². The van der Waals surface area contributed by atoms with Crippen LogP contribution in [0.25, 0.3) is 0 Å². The molecule has 0 aliphatic heterocycles. The molecule has 0 saturated carbocycles. The van der Waals surface area contributed by atoms with Crippen LogP contribution in [0.3, 0.4) is 0 Å². The maximum absolute atomic E-state index is 12.8. The molecule has 0 bridgehead atoms. The van der Waals surface area contributed by atoms with E-state index >= 15 is 0 Å². The molecule has 0 saturated heterocycles. The predicted octanol–water partition coefficient (Wildman–Crippen LogP) is 3.04. The maximum atomic E-state index is 12.8. The molecule has 5 heteroatoms. The van der Waals surface area contributed by atoms with Gasteiger partial charge in [-0.3, -0.25) is 9.59 Å². The molecule has 0 aliphatic rings. The number of hydrogen-bond donors (Lipinski definition) is 1. The number of anilines is 1. The Morgan fingerprint density at radius 3 is 2.52 bits per heavy atom. The number of carbonyl (C=O) groups is 2. The Morgan fingerprint density at radius 1 is 1.19 bits per heavy atom. The minimum absolute atomic E-state index is 0.342. The van der Waals surface area contributed by atoms with Gasteiger partial charge >= 0.3 is 0 Å². The van der Waals surface area contributed by atoms with Crippen molar-refractivity contribution in [1.82, 2.24) is 0 Å². The average molecular weight is 287 g/mol. The Hall–Kier alpha value is -2.69. The molecule has 0 radical (unpaired) electrons. The first-order valence-corrected chi connectivity index (χ1v) is 6.37. The molecule has 2 rings (SSSR count). The quantitative estimate of drug-likeness (QED) is 0.860. The van der Waals surface area contributed by atoms with E-state index in [1.54, 1.807) is 31.2 Å². The summed E-state index contributed by atoms with van der Waals surface area (Å²) in [6.07, 6.45) is -0.129. The largest absolute Gasteiger partial charge is 0.480 e. The van der Waals surface area contributed by atoms with Crippen LogP contribution in [0.1, 0.15) is 17.3 Å². The first-order chi connectivity index (χ1) is 10.1. The van der Waals surface area contributed by atoms with Crippen molar-refractivity contribution in [3.05, 3.63) is 59.9 Å². The maximum Gasteiger partial charge on any atom is 0.265 e. The summed E-state index contributed by atoms with van der Waals surface area (Å²) in [5.41, 5.74) is 0.847. The first-order valence-electron chi connectivity index (χ1n) is 6.37. The lowest BCUT2D eigenvalue weighted by Crippen LogP contribution is -2.30. The van der Waals surface area contributed by atoms with E-state index in [-0.39, 0.29) is 11.7 Å². The van der Waals surface area contributed by atoms with E-state index in [0.29, 0.717) is 23.3 Å². The van der Waals surface area contributed by atoms with Crippen molar-refractivity contribution >= 4 is 17.9 Å². The summed E-state index contributed by atoms with van der Waals surface area (Å²) in [6, 6.07) is 12.1. The van der Waals surface area contributed by atoms with E-state index in [4.69, 9.17) is 4.74 Å². The molecule has 1 N–H and O–H groups in total. The van der Waals surface area contributed by atoms with E-state index < -0.39 is 6.10 Å². The Bertz CT molecular complexity index is 640. The average Bonchev–Trinajstić information content (AvgIpc) is 2.50. The van der Waals surface area contributed by atoms with Crippen molar-refractivity contribution in [2.75, 3.05) is 5.32 Å². The van der Waals surface area contributed by atoms with Gasteiger partial charge in [0.15, 0.2) is 12.4 Å². The van der Waals surface area contributed by atoms with E-state index in [1.807, 2.05) is 0 Å². The molecule has 0 fully saturated rings. The van der Waals surface area contributed by atoms with Gasteiger partial charge < -0.3 is 10.1 Å². The number of rotatable bonds is 5. The fourth-order valence-corrected chi connectivity index (χ4v) is 1.71. The number of nitrogens with one attached hydrogen (secondary N) is 1. The lowest BCUT2D eigenvalue weighted by molar-refractivity contribution is -0.122. The lowest BCUT2D eigenvalue weighted by Gasteiger charge is -2.15. The van der Waals surface area contributed by atoms with Crippen molar-refractivity contribution < 1.29 is 18.7 Å². The molecule has 0 spiro atoms. The second-order valence-corrected chi connectivity index (χ2v) is 4.41. The SMILES string of the molecule is C[C@@H](Oc1ccccc1C=O)C(=O)Nc1ccc(F)cc1. The molecule has 0 aromatic heterocycles. The van der Waals surface area contributed by atoms with Crippen LogP contribution >= 0.6 is 0 Å². The fraction of sp³-hybridized carbons (Fsp3) is 0.125. The molecule has 4 nitrogen and oxygen atoms in total. The molecule has 21 heavy (non-hydrogen) atoms. The van der Waals surface area contributed by atoms with Gasteiger partial charge in [0.1, 0.15) is 11.6 Å². The molecule has 1 atom stereocenters. The van der Waals surface area contributed by atoms with Gasteiger partial charge in [-0.15, -0.1) is 0 Å². The third-order valence-electron chi connectivity index (χ3n) is 2.83. The van der Waals surface area contributed by atoms with Gasteiger partial charge in [0.05, 0.1) is 5.56 Å². The van der Waals surface area contributed by atoms with Crippen LogP contribution in [0.4, 0.5) is 10.1 Å². The number of benzene rings is 2. The van der Waals surface area contributed by atoms with E-state index in [9.17, 15) is 14.0 Å². The summed E-state index contributed by atoms with van der Waals surface area (Å²) in [5.74, 6) is -0.422. The second-order valence-electron chi connectivity index (χ2n) is 4.41. The van der Waals surface area contributed by atoms with Crippen LogP contribution in [0.2, 0.25) is 0 Å². The van der Waals surface area contributed by atoms with E-state index in [1.165, 1.54) is 24.3 Å². The molecule has 0 unspecified atom stereocenters. The number of halogens is 1. The number of ether oxygens (including phenoxy) is 1. The van der Waals surface area contributed by atoms with Crippen molar-refractivity contribution in [3.8, 4) is 5.75 Å². The second kappa shape index (κ2) is 6.65. The molecule has 0 aliphatic carbocycles. The van der Waals surface area contributed by atoms with Gasteiger partial charge in [0.25, 0.3) is 5.91 Å². The highest BCUT2D eigenvalue weighted by atomic mass is 19.1. The Labute approximate surface area is 121 Å². The van der Waals surface area contributed by atoms with Gasteiger partial charge in [-0.1, -0.05) is 12.1 Å². The van der Waals surface area contributed by atoms with Crippen molar-refractivity contribution in [2.24, 2.45) is 0 Å². The standard InChI is InChI=1S/C16H14FNO3/c1-11(21-15-5-3-2-4-12(15)10-19)16(20)18-14-8-6-13(17)7-9-14/h2-11H,1H3,(H,18,20)/t11-/m1/s1. The van der Waals surface area contributed by atoms with Crippen molar-refractivity contribution in [1.29, 1.82) is 0 Å². The third-order valence-corrected chi connectivity index (χ3v) is 2.83. The van der Waals surface area contributed by atoms with Crippen LogP contribution in [0.15, 0.2) is 48.5 Å². The topological polar surface area (TPSA) is 55.4 Å². The van der Waals surface area contributed by atoms with Crippen LogP contribution in [-0.2, 0) is 4.79 Å². The van der Waals surface area contributed by atoms with Crippen LogP contribution in [0, 0.1) is 5.82 Å². The molecular formula is C16H14FNO3. The third kappa shape index (κ3) is 3.89. The van der Waals surface area contributed by atoms with Crippen LogP contribution in [0.5, 0.6) is 5.75 Å². The highest BCUT2D eigenvalue weighted by molar-refractivity contribution is 5.94. The normalized spacial score (nSPS) is 11.5. The number of hydrogen-bond acceptors (Lipinski definition) is 3. The minimum Gasteiger partial charge on any atom is -0.480 e. The predicted molar refractivity (Wildman–Crippen MR) is 76.9 cm³/mol. The van der Waals surface area contributed by atoms with Crippen molar-refractivity contribution in [3.63, 3.8) is 0 Å². The molecule has 108 valence electrons. The highest BCUT2D eigenvalue weighted by Crippen LogP contribution is 2.18. The molecular weight excluding hydrogens is 273 g/mol. The summed E-state index contributed by atoms with van der Waals surface area (Å²) < 4.78 is 18.3. The molecule has 2 aromatic rings. The molecule has 2 aromatic carbocycles. The lowest BCUT2D eigenvalue weighted by atomic mass is 10.2. The summed E-state index contributed by atoms with van der Waals surface area (Å²) in [7, 11) is 0. The fourth-order valence-electron chi connectivity index (χ4n) is 1.71. The minimum atomic E-state index is -0.795. The van der Waals surface area contributed by atoms with E-state index in [2.05, 4.69) is 5.32 Å². The number of carbonyl (C=O) groups excluding carboxylic acids is 2. The van der Waals surface area contributed by atoms with Gasteiger partial charge in [0, 0.05) is 5.69 Å². The zero-order valence-electron chi connectivity index (χ0n) is 11.4. The summed E-state index contributed by atoms with van der Waals surface area (Å²) in [5, 5.41) is 2.61. The number of para-hydroxylation sites is 1. The number of amides is 1. The Morgan fingerprint density at radius 2 is 1.86 bits per heavy atom. The number of aldehydes is 1. The van der Waals surface area contributed by atoms with Gasteiger partial charge in [-0.2, -0.15) is 0 Å². The zero-order valence-corrected chi connectivity index (χ0v) is 11.4. The van der Waals surface area contributed by atoms with Crippen LogP contribution in [-0.4, -0.2) is 18.3 Å². The summed E-state index contributed by atoms with van der Waals surface area (Å²) in [6.45, 7) is 1.57. The smallest absolute Gasteiger partial charge is 0.265 e.